The van der Waals surface area contributed by atoms with Gasteiger partial charge in [-0.2, -0.15) is 0 Å². The van der Waals surface area contributed by atoms with Gasteiger partial charge in [0.15, 0.2) is 11.5 Å². The summed E-state index contributed by atoms with van der Waals surface area (Å²) < 4.78 is 5.41. The number of aromatic nitrogens is 1. The number of phenols is 1. The highest BCUT2D eigenvalue weighted by molar-refractivity contribution is 7.11. The first-order chi connectivity index (χ1) is 10.0. The molecule has 0 saturated carbocycles. The van der Waals surface area contributed by atoms with Crippen molar-refractivity contribution >= 4 is 11.3 Å². The molecule has 21 heavy (non-hydrogen) atoms. The van der Waals surface area contributed by atoms with Gasteiger partial charge in [-0.1, -0.05) is 12.1 Å². The average Bonchev–Trinajstić information content (AvgIpc) is 2.78. The lowest BCUT2D eigenvalue weighted by atomic mass is 10.1. The third kappa shape index (κ3) is 3.74. The molecule has 114 valence electrons. The number of para-hydroxylation sites is 1. The third-order valence-electron chi connectivity index (χ3n) is 3.31. The molecular weight excluding hydrogens is 284 g/mol. The minimum Gasteiger partial charge on any atom is -0.504 e. The zero-order chi connectivity index (χ0) is 15.4. The molecule has 0 radical (unpaired) electrons. The van der Waals surface area contributed by atoms with Crippen LogP contribution in [-0.4, -0.2) is 16.7 Å². The first-order valence-corrected chi connectivity index (χ1v) is 7.95. The summed E-state index contributed by atoms with van der Waals surface area (Å²) in [5.74, 6) is 0.755. The van der Waals surface area contributed by atoms with Gasteiger partial charge in [-0.15, -0.1) is 11.3 Å². The van der Waals surface area contributed by atoms with Gasteiger partial charge in [-0.05, 0) is 33.8 Å². The maximum absolute atomic E-state index is 10.2. The molecule has 2 rings (SSSR count). The Hall–Kier alpha value is -1.59. The number of hydrogen-bond acceptors (Lipinski definition) is 5. The van der Waals surface area contributed by atoms with Gasteiger partial charge < -0.3 is 15.2 Å². The molecule has 0 bridgehead atoms. The van der Waals surface area contributed by atoms with Crippen molar-refractivity contribution < 1.29 is 9.84 Å². The van der Waals surface area contributed by atoms with E-state index in [4.69, 9.17) is 4.74 Å². The number of ether oxygens (including phenoxy) is 1. The van der Waals surface area contributed by atoms with Gasteiger partial charge in [0.1, 0.15) is 0 Å². The number of thiazole rings is 1. The Kier molecular flexibility index (Phi) is 5.20. The van der Waals surface area contributed by atoms with Gasteiger partial charge in [-0.3, -0.25) is 0 Å². The van der Waals surface area contributed by atoms with Crippen molar-refractivity contribution in [3.8, 4) is 11.5 Å². The molecule has 0 aliphatic carbocycles. The predicted octanol–water partition coefficient (Wildman–Crippen LogP) is 3.72. The van der Waals surface area contributed by atoms with E-state index in [0.29, 0.717) is 18.9 Å². The van der Waals surface area contributed by atoms with E-state index in [-0.39, 0.29) is 11.8 Å². The topological polar surface area (TPSA) is 54.4 Å². The third-order valence-corrected chi connectivity index (χ3v) is 4.57. The van der Waals surface area contributed by atoms with Crippen LogP contribution in [0.3, 0.4) is 0 Å². The van der Waals surface area contributed by atoms with Crippen molar-refractivity contribution in [2.45, 2.75) is 40.3 Å². The Labute approximate surface area is 129 Å². The maximum atomic E-state index is 10.2. The number of nitrogens with one attached hydrogen (secondary N) is 1. The SMILES string of the molecule is CCOc1cccc(CNC(C)c2sc(C)nc2C)c1O. The molecule has 1 aromatic carbocycles. The molecule has 1 aromatic heterocycles. The summed E-state index contributed by atoms with van der Waals surface area (Å²) >= 11 is 1.71. The lowest BCUT2D eigenvalue weighted by Crippen LogP contribution is -2.18. The fraction of sp³-hybridized carbons (Fsp3) is 0.438. The minimum atomic E-state index is 0.200. The standard InChI is InChI=1S/C16H22N2O2S/c1-5-20-14-8-6-7-13(15(14)19)9-17-10(2)16-11(3)18-12(4)21-16/h6-8,10,17,19H,5,9H2,1-4H3. The van der Waals surface area contributed by atoms with E-state index in [1.807, 2.05) is 32.9 Å². The smallest absolute Gasteiger partial charge is 0.162 e. The zero-order valence-electron chi connectivity index (χ0n) is 12.9. The molecule has 0 aliphatic heterocycles. The van der Waals surface area contributed by atoms with E-state index >= 15 is 0 Å². The highest BCUT2D eigenvalue weighted by Gasteiger charge is 2.14. The first-order valence-electron chi connectivity index (χ1n) is 7.13. The summed E-state index contributed by atoms with van der Waals surface area (Å²) in [6.45, 7) is 9.20. The number of aryl methyl sites for hydroxylation is 2. The van der Waals surface area contributed by atoms with Crippen molar-refractivity contribution in [1.82, 2.24) is 10.3 Å². The molecule has 0 fully saturated rings. The highest BCUT2D eigenvalue weighted by atomic mass is 32.1. The van der Waals surface area contributed by atoms with Gasteiger partial charge in [0.05, 0.1) is 17.3 Å². The van der Waals surface area contributed by atoms with Crippen molar-refractivity contribution in [3.05, 3.63) is 39.3 Å². The second-order valence-electron chi connectivity index (χ2n) is 4.98. The van der Waals surface area contributed by atoms with Gasteiger partial charge in [0.25, 0.3) is 0 Å². The normalized spacial score (nSPS) is 12.4. The summed E-state index contributed by atoms with van der Waals surface area (Å²) in [5.41, 5.74) is 1.91. The van der Waals surface area contributed by atoms with Gasteiger partial charge in [0.2, 0.25) is 0 Å². The molecular formula is C16H22N2O2S. The predicted molar refractivity (Wildman–Crippen MR) is 86.1 cm³/mol. The first kappa shape index (κ1) is 15.8. The monoisotopic (exact) mass is 306 g/mol. The zero-order valence-corrected chi connectivity index (χ0v) is 13.8. The Morgan fingerprint density at radius 3 is 2.76 bits per heavy atom. The molecule has 0 aliphatic rings. The number of hydrogen-bond donors (Lipinski definition) is 2. The van der Waals surface area contributed by atoms with E-state index in [2.05, 4.69) is 17.2 Å². The Balaban J connectivity index is 2.06. The van der Waals surface area contributed by atoms with Crippen molar-refractivity contribution in [1.29, 1.82) is 0 Å². The van der Waals surface area contributed by atoms with Crippen LogP contribution in [0.4, 0.5) is 0 Å². The Morgan fingerprint density at radius 1 is 1.38 bits per heavy atom. The molecule has 1 heterocycles. The number of nitrogens with zero attached hydrogens (tertiary/aromatic N) is 1. The van der Waals surface area contributed by atoms with Crippen molar-refractivity contribution in [2.24, 2.45) is 0 Å². The van der Waals surface area contributed by atoms with E-state index in [1.54, 1.807) is 17.4 Å². The van der Waals surface area contributed by atoms with Crippen LogP contribution in [0.5, 0.6) is 11.5 Å². The Bertz CT molecular complexity index is 610. The largest absolute Gasteiger partial charge is 0.504 e. The quantitative estimate of drug-likeness (QED) is 0.854. The fourth-order valence-corrected chi connectivity index (χ4v) is 3.24. The molecule has 2 N–H and O–H groups in total. The number of phenolic OH excluding ortho intramolecular Hbond substituents is 1. The summed E-state index contributed by atoms with van der Waals surface area (Å²) in [4.78, 5) is 5.70. The van der Waals surface area contributed by atoms with Crippen LogP contribution in [-0.2, 0) is 6.54 Å². The van der Waals surface area contributed by atoms with E-state index in [9.17, 15) is 5.11 Å². The highest BCUT2D eigenvalue weighted by Crippen LogP contribution is 2.30. The molecule has 4 nitrogen and oxygen atoms in total. The second kappa shape index (κ2) is 6.91. The molecule has 0 saturated heterocycles. The van der Waals surface area contributed by atoms with Crippen LogP contribution < -0.4 is 10.1 Å². The number of benzene rings is 1. The molecule has 1 unspecified atom stereocenters. The number of rotatable bonds is 6. The van der Waals surface area contributed by atoms with Crippen LogP contribution in [0.1, 0.15) is 41.0 Å². The van der Waals surface area contributed by atoms with Gasteiger partial charge >= 0.3 is 0 Å². The van der Waals surface area contributed by atoms with Crippen LogP contribution in [0.25, 0.3) is 0 Å². The maximum Gasteiger partial charge on any atom is 0.162 e. The lowest BCUT2D eigenvalue weighted by molar-refractivity contribution is 0.316. The van der Waals surface area contributed by atoms with Crippen molar-refractivity contribution in [2.75, 3.05) is 6.61 Å². The minimum absolute atomic E-state index is 0.200. The molecule has 5 heteroatoms. The molecule has 2 aromatic rings. The molecule has 1 atom stereocenters. The Morgan fingerprint density at radius 2 is 2.14 bits per heavy atom. The van der Waals surface area contributed by atoms with Gasteiger partial charge in [-0.25, -0.2) is 4.98 Å². The van der Waals surface area contributed by atoms with E-state index < -0.39 is 0 Å². The van der Waals surface area contributed by atoms with Crippen LogP contribution >= 0.6 is 11.3 Å². The summed E-state index contributed by atoms with van der Waals surface area (Å²) in [6, 6.07) is 5.78. The molecule has 0 amide bonds. The van der Waals surface area contributed by atoms with Crippen LogP contribution in [0.15, 0.2) is 18.2 Å². The van der Waals surface area contributed by atoms with E-state index in [0.717, 1.165) is 16.3 Å². The van der Waals surface area contributed by atoms with Crippen molar-refractivity contribution in [3.63, 3.8) is 0 Å². The average molecular weight is 306 g/mol. The number of aromatic hydroxyl groups is 1. The van der Waals surface area contributed by atoms with E-state index in [1.165, 1.54) is 4.88 Å². The molecule has 0 spiro atoms. The van der Waals surface area contributed by atoms with Gasteiger partial charge in [0, 0.05) is 23.0 Å². The van der Waals surface area contributed by atoms with Crippen LogP contribution in [0, 0.1) is 13.8 Å². The van der Waals surface area contributed by atoms with Crippen LogP contribution in [0.2, 0.25) is 0 Å². The lowest BCUT2D eigenvalue weighted by Gasteiger charge is -2.15. The summed E-state index contributed by atoms with van der Waals surface area (Å²) in [6.07, 6.45) is 0. The summed E-state index contributed by atoms with van der Waals surface area (Å²) in [7, 11) is 0. The summed E-state index contributed by atoms with van der Waals surface area (Å²) in [5, 5.41) is 14.7. The second-order valence-corrected chi connectivity index (χ2v) is 6.22. The fourth-order valence-electron chi connectivity index (χ4n) is 2.29.